The Labute approximate surface area is 160 Å². The highest BCUT2D eigenvalue weighted by Crippen LogP contribution is 2.30. The lowest BCUT2D eigenvalue weighted by Gasteiger charge is -2.35. The fourth-order valence-electron chi connectivity index (χ4n) is 3.88. The van der Waals surface area contributed by atoms with E-state index in [4.69, 9.17) is 9.72 Å². The lowest BCUT2D eigenvalue weighted by atomic mass is 10.0. The number of hydrogen-bond acceptors (Lipinski definition) is 5. The van der Waals surface area contributed by atoms with E-state index in [1.807, 2.05) is 41.4 Å². The molecule has 6 heteroatoms. The Balaban J connectivity index is 1.48. The average Bonchev–Trinajstić information content (AvgIpc) is 2.72. The molecule has 0 bridgehead atoms. The summed E-state index contributed by atoms with van der Waals surface area (Å²) >= 11 is 0. The number of ether oxygens (including phenoxy) is 1. The molecule has 1 fully saturated rings. The van der Waals surface area contributed by atoms with E-state index in [1.54, 1.807) is 0 Å². The Kier molecular flexibility index (Phi) is 5.34. The number of amides is 1. The monoisotopic (exact) mass is 366 g/mol. The number of likely N-dealkylation sites (N-methyl/N-ethyl adjacent to an activating group) is 1. The number of benzene rings is 1. The second-order valence-electron chi connectivity index (χ2n) is 7.39. The lowest BCUT2D eigenvalue weighted by Crippen LogP contribution is -2.42. The molecule has 0 radical (unpaired) electrons. The zero-order chi connectivity index (χ0) is 18.6. The summed E-state index contributed by atoms with van der Waals surface area (Å²) in [6, 6.07) is 9.43. The Morgan fingerprint density at radius 2 is 2.07 bits per heavy atom. The summed E-state index contributed by atoms with van der Waals surface area (Å²) in [5, 5.41) is 0. The second kappa shape index (κ2) is 8.05. The molecule has 1 amide bonds. The Hall–Kier alpha value is -2.47. The molecule has 142 valence electrons. The molecule has 3 heterocycles. The van der Waals surface area contributed by atoms with E-state index in [1.165, 1.54) is 5.56 Å². The average molecular weight is 366 g/mol. The Bertz CT molecular complexity index is 796. The molecule has 0 N–H and O–H groups in total. The second-order valence-corrected chi connectivity index (χ2v) is 7.39. The third kappa shape index (κ3) is 4.11. The molecule has 0 spiro atoms. The van der Waals surface area contributed by atoms with E-state index in [0.717, 1.165) is 56.8 Å². The summed E-state index contributed by atoms with van der Waals surface area (Å²) in [6.45, 7) is 2.70. The van der Waals surface area contributed by atoms with Gasteiger partial charge in [-0.15, -0.1) is 0 Å². The smallest absolute Gasteiger partial charge is 0.261 e. The highest BCUT2D eigenvalue weighted by molar-refractivity contribution is 5.78. The van der Waals surface area contributed by atoms with E-state index < -0.39 is 0 Å². The number of likely N-dealkylation sites (tertiary alicyclic amines) is 1. The molecule has 0 aliphatic carbocycles. The normalized spacial score (nSPS) is 20.2. The minimum atomic E-state index is -0.0458. The number of rotatable bonds is 4. The largest absolute Gasteiger partial charge is 0.484 e. The van der Waals surface area contributed by atoms with Crippen molar-refractivity contribution in [3.8, 4) is 5.75 Å². The standard InChI is InChI=1S/C21H26N4O2/c1-24-12-10-18-16(14-24)13-22-21(23-18)19-9-5-6-11-25(19)20(26)15-27-17-7-3-2-4-8-17/h2-4,7-8,13,19H,5-6,9-12,14-15H2,1H3/t19-/m0/s1. The van der Waals surface area contributed by atoms with E-state index in [2.05, 4.69) is 16.9 Å². The van der Waals surface area contributed by atoms with Gasteiger partial charge in [0.25, 0.3) is 5.91 Å². The fraction of sp³-hybridized carbons (Fsp3) is 0.476. The molecule has 4 rings (SSSR count). The summed E-state index contributed by atoms with van der Waals surface area (Å²) < 4.78 is 5.67. The summed E-state index contributed by atoms with van der Waals surface area (Å²) in [5.41, 5.74) is 2.34. The Morgan fingerprint density at radius 3 is 2.93 bits per heavy atom. The Morgan fingerprint density at radius 1 is 1.22 bits per heavy atom. The van der Waals surface area contributed by atoms with E-state index >= 15 is 0 Å². The molecule has 6 nitrogen and oxygen atoms in total. The molecule has 2 aromatic rings. The van der Waals surface area contributed by atoms with Crippen molar-refractivity contribution >= 4 is 5.91 Å². The number of piperidine rings is 1. The van der Waals surface area contributed by atoms with Crippen LogP contribution in [0, 0.1) is 0 Å². The van der Waals surface area contributed by atoms with Crippen LogP contribution in [-0.4, -0.2) is 52.4 Å². The van der Waals surface area contributed by atoms with Crippen molar-refractivity contribution in [2.75, 3.05) is 26.7 Å². The van der Waals surface area contributed by atoms with Gasteiger partial charge in [0.05, 0.1) is 6.04 Å². The van der Waals surface area contributed by atoms with Gasteiger partial charge in [-0.3, -0.25) is 4.79 Å². The third-order valence-electron chi connectivity index (χ3n) is 5.37. The molecular formula is C21H26N4O2. The van der Waals surface area contributed by atoms with Gasteiger partial charge in [-0.05, 0) is 38.4 Å². The molecule has 1 aromatic heterocycles. The van der Waals surface area contributed by atoms with Gasteiger partial charge >= 0.3 is 0 Å². The van der Waals surface area contributed by atoms with Gasteiger partial charge in [0, 0.05) is 43.5 Å². The molecule has 2 aliphatic heterocycles. The van der Waals surface area contributed by atoms with Gasteiger partial charge < -0.3 is 14.5 Å². The maximum Gasteiger partial charge on any atom is 0.261 e. The summed E-state index contributed by atoms with van der Waals surface area (Å²) in [5.74, 6) is 1.50. The van der Waals surface area contributed by atoms with Gasteiger partial charge in [0.1, 0.15) is 5.75 Å². The van der Waals surface area contributed by atoms with Gasteiger partial charge in [0.2, 0.25) is 0 Å². The van der Waals surface area contributed by atoms with E-state index in [-0.39, 0.29) is 18.6 Å². The molecular weight excluding hydrogens is 340 g/mol. The number of para-hydroxylation sites is 1. The van der Waals surface area contributed by atoms with Crippen LogP contribution in [0.5, 0.6) is 5.75 Å². The maximum absolute atomic E-state index is 12.8. The number of carbonyl (C=O) groups is 1. The van der Waals surface area contributed by atoms with Crippen molar-refractivity contribution in [1.29, 1.82) is 0 Å². The molecule has 27 heavy (non-hydrogen) atoms. The number of nitrogens with zero attached hydrogens (tertiary/aromatic N) is 4. The van der Waals surface area contributed by atoms with Crippen LogP contribution in [-0.2, 0) is 17.8 Å². The molecule has 2 aliphatic rings. The van der Waals surface area contributed by atoms with Crippen LogP contribution in [0.25, 0.3) is 0 Å². The van der Waals surface area contributed by atoms with Gasteiger partial charge in [0.15, 0.2) is 12.4 Å². The number of aromatic nitrogens is 2. The van der Waals surface area contributed by atoms with Crippen LogP contribution in [0.15, 0.2) is 36.5 Å². The summed E-state index contributed by atoms with van der Waals surface area (Å²) in [6.07, 6.45) is 5.92. The van der Waals surface area contributed by atoms with E-state index in [9.17, 15) is 4.79 Å². The maximum atomic E-state index is 12.8. The topological polar surface area (TPSA) is 58.6 Å². The predicted molar refractivity (Wildman–Crippen MR) is 102 cm³/mol. The zero-order valence-corrected chi connectivity index (χ0v) is 15.8. The first-order valence-electron chi connectivity index (χ1n) is 9.71. The van der Waals surface area contributed by atoms with Crippen LogP contribution >= 0.6 is 0 Å². The summed E-state index contributed by atoms with van der Waals surface area (Å²) in [4.78, 5) is 26.5. The summed E-state index contributed by atoms with van der Waals surface area (Å²) in [7, 11) is 2.12. The number of fused-ring (bicyclic) bond motifs is 1. The first-order chi connectivity index (χ1) is 13.2. The fourth-order valence-corrected chi connectivity index (χ4v) is 3.88. The zero-order valence-electron chi connectivity index (χ0n) is 15.8. The van der Waals surface area contributed by atoms with Crippen LogP contribution < -0.4 is 4.74 Å². The highest BCUT2D eigenvalue weighted by atomic mass is 16.5. The molecule has 1 aromatic carbocycles. The number of carbonyl (C=O) groups excluding carboxylic acids is 1. The SMILES string of the molecule is CN1CCc2nc([C@@H]3CCCCN3C(=O)COc3ccccc3)ncc2C1. The quantitative estimate of drug-likeness (QED) is 0.832. The van der Waals surface area contributed by atoms with Gasteiger partial charge in [-0.1, -0.05) is 18.2 Å². The van der Waals surface area contributed by atoms with Crippen molar-refractivity contribution < 1.29 is 9.53 Å². The predicted octanol–water partition coefficient (Wildman–Crippen LogP) is 2.60. The van der Waals surface area contributed by atoms with Crippen LogP contribution in [0.2, 0.25) is 0 Å². The van der Waals surface area contributed by atoms with Crippen molar-refractivity contribution in [3.63, 3.8) is 0 Å². The van der Waals surface area contributed by atoms with Crippen LogP contribution in [0.4, 0.5) is 0 Å². The molecule has 0 unspecified atom stereocenters. The van der Waals surface area contributed by atoms with E-state index in [0.29, 0.717) is 5.75 Å². The van der Waals surface area contributed by atoms with Crippen molar-refractivity contribution in [2.45, 2.75) is 38.3 Å². The van der Waals surface area contributed by atoms with Gasteiger partial charge in [-0.2, -0.15) is 0 Å². The minimum Gasteiger partial charge on any atom is -0.484 e. The van der Waals surface area contributed by atoms with Crippen LogP contribution in [0.1, 0.15) is 42.4 Å². The van der Waals surface area contributed by atoms with Crippen molar-refractivity contribution in [2.24, 2.45) is 0 Å². The van der Waals surface area contributed by atoms with Crippen molar-refractivity contribution in [1.82, 2.24) is 19.8 Å². The number of hydrogen-bond donors (Lipinski definition) is 0. The molecule has 0 saturated carbocycles. The molecule has 1 atom stereocenters. The minimum absolute atomic E-state index is 0.00427. The highest BCUT2D eigenvalue weighted by Gasteiger charge is 2.31. The first kappa shape index (κ1) is 17.9. The third-order valence-corrected chi connectivity index (χ3v) is 5.37. The van der Waals surface area contributed by atoms with Crippen molar-refractivity contribution in [3.05, 3.63) is 53.6 Å². The molecule has 1 saturated heterocycles. The first-order valence-corrected chi connectivity index (χ1v) is 9.71. The lowest BCUT2D eigenvalue weighted by molar-refractivity contribution is -0.137. The van der Waals surface area contributed by atoms with Crippen LogP contribution in [0.3, 0.4) is 0 Å². The van der Waals surface area contributed by atoms with Gasteiger partial charge in [-0.25, -0.2) is 9.97 Å².